The Bertz CT molecular complexity index is 9.61. The molecule has 0 saturated carbocycles. The van der Waals surface area contributed by atoms with Crippen LogP contribution in [0.4, 0.5) is 0 Å². The molecule has 5 heavy (non-hydrogen) atoms. The Balaban J connectivity index is 0. The fraction of sp³-hybridized carbons (Fsp3) is 0. The van der Waals surface area contributed by atoms with E-state index in [9.17, 15) is 0 Å². The zero-order valence-corrected chi connectivity index (χ0v) is 11.7. The molecular formula is MoTi2VW. The predicted octanol–water partition coefficient (Wildman–Crippen LogP) is -0.0125. The molecule has 0 aromatic carbocycles. The number of rotatable bonds is 0. The van der Waals surface area contributed by atoms with E-state index < -0.39 is 0 Å². The standard InChI is InChI=1S/Mo.2Ti.V.W. The number of hydrogen-bond acceptors (Lipinski definition) is 0. The molecule has 0 bridgehead atoms. The summed E-state index contributed by atoms with van der Waals surface area (Å²) in [5, 5.41) is 0. The summed E-state index contributed by atoms with van der Waals surface area (Å²) in [5.41, 5.74) is 0. The first-order valence-electron chi connectivity index (χ1n) is 0. The summed E-state index contributed by atoms with van der Waals surface area (Å²) in [6.07, 6.45) is 0. The van der Waals surface area contributed by atoms with Crippen molar-refractivity contribution in [2.24, 2.45) is 0 Å². The van der Waals surface area contributed by atoms with Crippen molar-refractivity contribution in [2.75, 3.05) is 0 Å². The minimum atomic E-state index is 0. The Morgan fingerprint density at radius 2 is 0.800 bits per heavy atom. The molecule has 25 valence electrons. The molecule has 0 spiro atoms. The molecule has 0 nitrogen and oxygen atoms in total. The van der Waals surface area contributed by atoms with Crippen LogP contribution in [0, 0.1) is 0 Å². The van der Waals surface area contributed by atoms with Crippen molar-refractivity contribution in [3.05, 3.63) is 0 Å². The van der Waals surface area contributed by atoms with Gasteiger partial charge in [-0.2, -0.15) is 0 Å². The van der Waals surface area contributed by atoms with Gasteiger partial charge in [-0.15, -0.1) is 0 Å². The van der Waals surface area contributed by atoms with Gasteiger partial charge in [0.25, 0.3) is 0 Å². The van der Waals surface area contributed by atoms with Gasteiger partial charge >= 0.3 is 0 Å². The second-order valence-electron chi connectivity index (χ2n) is 0. The first-order valence-corrected chi connectivity index (χ1v) is 0. The van der Waals surface area contributed by atoms with Crippen LogP contribution < -0.4 is 0 Å². The summed E-state index contributed by atoms with van der Waals surface area (Å²) in [6, 6.07) is 0. The third-order valence-electron chi connectivity index (χ3n) is 0. The smallest absolute Gasteiger partial charge is 0 e. The van der Waals surface area contributed by atoms with E-state index in [0.29, 0.717) is 0 Å². The van der Waals surface area contributed by atoms with E-state index in [-0.39, 0.29) is 104 Å². The second kappa shape index (κ2) is 26.3. The molecular weight excluding hydrogens is 426 g/mol. The van der Waals surface area contributed by atoms with E-state index >= 15 is 0 Å². The van der Waals surface area contributed by atoms with Crippen LogP contribution in [0.25, 0.3) is 0 Å². The van der Waals surface area contributed by atoms with Crippen molar-refractivity contribution in [3.8, 4) is 0 Å². The fourth-order valence-electron chi connectivity index (χ4n) is 0. The maximum Gasteiger partial charge on any atom is 0 e. The van der Waals surface area contributed by atoms with E-state index in [0.717, 1.165) is 0 Å². The Labute approximate surface area is 102 Å². The summed E-state index contributed by atoms with van der Waals surface area (Å²) in [5.74, 6) is 0. The quantitative estimate of drug-likeness (QED) is 0.478. The Morgan fingerprint density at radius 3 is 0.800 bits per heavy atom. The maximum atomic E-state index is 0. The summed E-state index contributed by atoms with van der Waals surface area (Å²) in [4.78, 5) is 0. The molecule has 0 aromatic rings. The molecule has 0 fully saturated rings. The van der Waals surface area contributed by atoms with Crippen LogP contribution in [-0.4, -0.2) is 0 Å². The molecule has 0 heterocycles. The van der Waals surface area contributed by atoms with Crippen molar-refractivity contribution >= 4 is 0 Å². The van der Waals surface area contributed by atoms with E-state index in [1.165, 1.54) is 0 Å². The average molecular weight is 426 g/mol. The van der Waals surface area contributed by atoms with E-state index in [1.807, 2.05) is 0 Å². The molecule has 5 heteroatoms. The summed E-state index contributed by atoms with van der Waals surface area (Å²) in [7, 11) is 0. The molecule has 0 aliphatic carbocycles. The largest absolute Gasteiger partial charge is 0 e. The van der Waals surface area contributed by atoms with Gasteiger partial charge in [0.05, 0.1) is 0 Å². The van der Waals surface area contributed by atoms with Crippen LogP contribution in [0.1, 0.15) is 0 Å². The minimum absolute atomic E-state index is 0. The molecule has 0 aliphatic heterocycles. The van der Waals surface area contributed by atoms with E-state index in [4.69, 9.17) is 0 Å². The van der Waals surface area contributed by atoms with Crippen LogP contribution in [0.15, 0.2) is 0 Å². The molecule has 0 rings (SSSR count). The third-order valence-corrected chi connectivity index (χ3v) is 0. The topological polar surface area (TPSA) is 0 Å². The van der Waals surface area contributed by atoms with Crippen molar-refractivity contribution < 1.29 is 104 Å². The molecule has 0 aromatic heterocycles. The van der Waals surface area contributed by atoms with E-state index in [1.54, 1.807) is 0 Å². The summed E-state index contributed by atoms with van der Waals surface area (Å²) in [6.45, 7) is 0. The van der Waals surface area contributed by atoms with Crippen LogP contribution in [0.2, 0.25) is 0 Å². The van der Waals surface area contributed by atoms with Gasteiger partial charge in [0.1, 0.15) is 0 Å². The van der Waals surface area contributed by atoms with Crippen LogP contribution in [0.5, 0.6) is 0 Å². The Morgan fingerprint density at radius 1 is 0.800 bits per heavy atom. The monoisotopic (exact) mass is 429 g/mol. The molecule has 0 N–H and O–H groups in total. The molecule has 1 radical (unpaired) electrons. The van der Waals surface area contributed by atoms with Crippen LogP contribution >= 0.6 is 0 Å². The Hall–Kier alpha value is 3.39. The van der Waals surface area contributed by atoms with Gasteiger partial charge < -0.3 is 0 Å². The van der Waals surface area contributed by atoms with Gasteiger partial charge in [-0.3, -0.25) is 0 Å². The fourth-order valence-corrected chi connectivity index (χ4v) is 0. The average Bonchev–Trinajstić information content (AvgIpc) is 0. The van der Waals surface area contributed by atoms with Gasteiger partial charge in [0.15, 0.2) is 0 Å². The van der Waals surface area contributed by atoms with Crippen molar-refractivity contribution in [3.63, 3.8) is 0 Å². The van der Waals surface area contributed by atoms with E-state index in [2.05, 4.69) is 0 Å². The zero-order valence-electron chi connectivity index (χ0n) is 2.26. The second-order valence-corrected chi connectivity index (χ2v) is 0. The summed E-state index contributed by atoms with van der Waals surface area (Å²) < 4.78 is 0. The first-order chi connectivity index (χ1) is 0. The van der Waals surface area contributed by atoms with Gasteiger partial charge in [0.2, 0.25) is 0 Å². The third kappa shape index (κ3) is 18.7. The maximum absolute atomic E-state index is 0. The molecule has 0 saturated heterocycles. The number of hydrogen-bond donors (Lipinski definition) is 0. The van der Waals surface area contributed by atoms with Gasteiger partial charge in [-0.25, -0.2) is 0 Å². The van der Waals surface area contributed by atoms with Crippen LogP contribution in [0.3, 0.4) is 0 Å². The molecule has 0 atom stereocenters. The van der Waals surface area contributed by atoms with Crippen molar-refractivity contribution in [1.82, 2.24) is 0 Å². The molecule has 0 aliphatic rings. The SMILES string of the molecule is [Mo].[Ti].[Ti].[V].[W]. The normalized spacial score (nSPS) is 0. The molecule has 0 unspecified atom stereocenters. The minimum Gasteiger partial charge on any atom is 0 e. The van der Waals surface area contributed by atoms with Gasteiger partial charge in [-0.05, 0) is 0 Å². The van der Waals surface area contributed by atoms with Gasteiger partial charge in [0, 0.05) is 104 Å². The molecule has 0 amide bonds. The zero-order chi connectivity index (χ0) is 0. The van der Waals surface area contributed by atoms with Gasteiger partial charge in [-0.1, -0.05) is 0 Å². The van der Waals surface area contributed by atoms with Crippen LogP contribution in [-0.2, 0) is 104 Å². The summed E-state index contributed by atoms with van der Waals surface area (Å²) >= 11 is 0. The van der Waals surface area contributed by atoms with Crippen molar-refractivity contribution in [2.45, 2.75) is 0 Å². The Kier molecular flexibility index (Phi) is 209. The first kappa shape index (κ1) is 39.9. The van der Waals surface area contributed by atoms with Crippen molar-refractivity contribution in [1.29, 1.82) is 0 Å². The predicted molar refractivity (Wildman–Crippen MR) is 0 cm³/mol.